The molecule has 0 radical (unpaired) electrons. The van der Waals surface area contributed by atoms with Gasteiger partial charge >= 0.3 is 0 Å². The van der Waals surface area contributed by atoms with Gasteiger partial charge in [0.2, 0.25) is 0 Å². The Balaban J connectivity index is 1.88. The summed E-state index contributed by atoms with van der Waals surface area (Å²) >= 11 is 1.62. The van der Waals surface area contributed by atoms with Crippen LogP contribution in [0, 0.1) is 0 Å². The summed E-state index contributed by atoms with van der Waals surface area (Å²) in [4.78, 5) is 7.97. The monoisotopic (exact) mass is 210 g/mol. The SMILES string of the molecule is OC1(CSc2ccncn2)CCCC1. The molecule has 1 saturated carbocycles. The quantitative estimate of drug-likeness (QED) is 0.611. The highest BCUT2D eigenvalue weighted by atomic mass is 32.2. The zero-order valence-corrected chi connectivity index (χ0v) is 8.83. The summed E-state index contributed by atoms with van der Waals surface area (Å²) in [7, 11) is 0. The van der Waals surface area contributed by atoms with Gasteiger partial charge in [-0.15, -0.1) is 11.8 Å². The molecule has 0 bridgehead atoms. The molecule has 1 heterocycles. The molecule has 76 valence electrons. The van der Waals surface area contributed by atoms with E-state index in [1.54, 1.807) is 24.3 Å². The topological polar surface area (TPSA) is 46.0 Å². The number of nitrogens with zero attached hydrogens (tertiary/aromatic N) is 2. The van der Waals surface area contributed by atoms with Gasteiger partial charge in [0, 0.05) is 11.9 Å². The predicted molar refractivity (Wildman–Crippen MR) is 56.2 cm³/mol. The molecule has 0 atom stereocenters. The fourth-order valence-corrected chi connectivity index (χ4v) is 2.73. The van der Waals surface area contributed by atoms with Crippen molar-refractivity contribution in [2.45, 2.75) is 36.3 Å². The maximum absolute atomic E-state index is 10.1. The minimum absolute atomic E-state index is 0.449. The van der Waals surface area contributed by atoms with E-state index >= 15 is 0 Å². The fraction of sp³-hybridized carbons (Fsp3) is 0.600. The molecule has 3 nitrogen and oxygen atoms in total. The Morgan fingerprint density at radius 2 is 2.21 bits per heavy atom. The molecule has 1 aromatic rings. The summed E-state index contributed by atoms with van der Waals surface area (Å²) < 4.78 is 0. The molecule has 1 aliphatic carbocycles. The molecule has 14 heavy (non-hydrogen) atoms. The molecular weight excluding hydrogens is 196 g/mol. The molecule has 1 N–H and O–H groups in total. The molecule has 1 aliphatic rings. The average molecular weight is 210 g/mol. The van der Waals surface area contributed by atoms with Gasteiger partial charge in [-0.25, -0.2) is 9.97 Å². The van der Waals surface area contributed by atoms with Crippen molar-refractivity contribution in [1.82, 2.24) is 9.97 Å². The Hall–Kier alpha value is -0.610. The highest BCUT2D eigenvalue weighted by Gasteiger charge is 2.30. The highest BCUT2D eigenvalue weighted by Crippen LogP contribution is 2.33. The van der Waals surface area contributed by atoms with Crippen molar-refractivity contribution >= 4 is 11.8 Å². The van der Waals surface area contributed by atoms with Crippen molar-refractivity contribution in [1.29, 1.82) is 0 Å². The van der Waals surface area contributed by atoms with Crippen LogP contribution in [0.1, 0.15) is 25.7 Å². The zero-order chi connectivity index (χ0) is 9.86. The molecular formula is C10H14N2OS. The molecule has 0 saturated heterocycles. The van der Waals surface area contributed by atoms with Crippen molar-refractivity contribution in [2.75, 3.05) is 5.75 Å². The van der Waals surface area contributed by atoms with E-state index in [1.807, 2.05) is 6.07 Å². The van der Waals surface area contributed by atoms with Crippen molar-refractivity contribution in [3.8, 4) is 0 Å². The number of hydrogen-bond acceptors (Lipinski definition) is 4. The van der Waals surface area contributed by atoms with E-state index in [1.165, 1.54) is 0 Å². The normalized spacial score (nSPS) is 19.8. The first-order chi connectivity index (χ1) is 6.79. The summed E-state index contributed by atoms with van der Waals surface area (Å²) in [5, 5.41) is 11.0. The van der Waals surface area contributed by atoms with Gasteiger partial charge in [0.05, 0.1) is 10.6 Å². The molecule has 1 fully saturated rings. The average Bonchev–Trinajstić information content (AvgIpc) is 2.65. The summed E-state index contributed by atoms with van der Waals surface area (Å²) in [6.07, 6.45) is 7.45. The van der Waals surface area contributed by atoms with Crippen LogP contribution >= 0.6 is 11.8 Å². The van der Waals surface area contributed by atoms with Crippen LogP contribution in [0.2, 0.25) is 0 Å². The van der Waals surface area contributed by atoms with E-state index in [4.69, 9.17) is 0 Å². The number of hydrogen-bond donors (Lipinski definition) is 1. The van der Waals surface area contributed by atoms with Crippen LogP contribution in [0.15, 0.2) is 23.6 Å². The lowest BCUT2D eigenvalue weighted by Crippen LogP contribution is -2.27. The first-order valence-electron chi connectivity index (χ1n) is 4.90. The number of rotatable bonds is 3. The van der Waals surface area contributed by atoms with Gasteiger partial charge < -0.3 is 5.11 Å². The third-order valence-corrected chi connectivity index (χ3v) is 3.80. The maximum atomic E-state index is 10.1. The summed E-state index contributed by atoms with van der Waals surface area (Å²) in [5.74, 6) is 0.754. The molecule has 0 aromatic carbocycles. The van der Waals surface area contributed by atoms with Gasteiger partial charge in [0.1, 0.15) is 6.33 Å². The second-order valence-electron chi connectivity index (χ2n) is 3.77. The summed E-state index contributed by atoms with van der Waals surface area (Å²) in [6, 6.07) is 1.88. The highest BCUT2D eigenvalue weighted by molar-refractivity contribution is 7.99. The third kappa shape index (κ3) is 2.45. The fourth-order valence-electron chi connectivity index (χ4n) is 1.75. The van der Waals surface area contributed by atoms with Gasteiger partial charge in [-0.2, -0.15) is 0 Å². The van der Waals surface area contributed by atoms with Crippen LogP contribution in [-0.2, 0) is 0 Å². The molecule has 0 amide bonds. The van der Waals surface area contributed by atoms with E-state index in [0.717, 1.165) is 36.5 Å². The van der Waals surface area contributed by atoms with Gasteiger partial charge in [-0.1, -0.05) is 12.8 Å². The van der Waals surface area contributed by atoms with Crippen LogP contribution in [0.25, 0.3) is 0 Å². The van der Waals surface area contributed by atoms with Crippen molar-refractivity contribution in [3.05, 3.63) is 18.6 Å². The number of thioether (sulfide) groups is 1. The minimum atomic E-state index is -0.449. The second-order valence-corrected chi connectivity index (χ2v) is 4.76. The molecule has 0 aliphatic heterocycles. The third-order valence-electron chi connectivity index (χ3n) is 2.58. The van der Waals surface area contributed by atoms with E-state index in [-0.39, 0.29) is 0 Å². The Morgan fingerprint density at radius 1 is 1.43 bits per heavy atom. The number of aliphatic hydroxyl groups is 1. The summed E-state index contributed by atoms with van der Waals surface area (Å²) in [6.45, 7) is 0. The zero-order valence-electron chi connectivity index (χ0n) is 8.02. The van der Waals surface area contributed by atoms with Gasteiger partial charge in [0.25, 0.3) is 0 Å². The predicted octanol–water partition coefficient (Wildman–Crippen LogP) is 1.87. The van der Waals surface area contributed by atoms with Crippen molar-refractivity contribution in [3.63, 3.8) is 0 Å². The van der Waals surface area contributed by atoms with E-state index in [9.17, 15) is 5.11 Å². The van der Waals surface area contributed by atoms with Crippen LogP contribution in [0.5, 0.6) is 0 Å². The minimum Gasteiger partial charge on any atom is -0.389 e. The summed E-state index contributed by atoms with van der Waals surface area (Å²) in [5.41, 5.74) is -0.449. The molecule has 0 unspecified atom stereocenters. The first-order valence-corrected chi connectivity index (χ1v) is 5.88. The van der Waals surface area contributed by atoms with Gasteiger partial charge in [-0.05, 0) is 18.9 Å². The maximum Gasteiger partial charge on any atom is 0.116 e. The largest absolute Gasteiger partial charge is 0.389 e. The smallest absolute Gasteiger partial charge is 0.116 e. The van der Waals surface area contributed by atoms with Gasteiger partial charge in [0.15, 0.2) is 0 Å². The Bertz CT molecular complexity index is 285. The van der Waals surface area contributed by atoms with E-state index in [2.05, 4.69) is 9.97 Å². The Morgan fingerprint density at radius 3 is 2.86 bits per heavy atom. The van der Waals surface area contributed by atoms with E-state index in [0.29, 0.717) is 0 Å². The van der Waals surface area contributed by atoms with Crippen molar-refractivity contribution < 1.29 is 5.11 Å². The first kappa shape index (κ1) is 9.93. The second kappa shape index (κ2) is 4.28. The van der Waals surface area contributed by atoms with Crippen molar-refractivity contribution in [2.24, 2.45) is 0 Å². The molecule has 0 spiro atoms. The van der Waals surface area contributed by atoms with Crippen LogP contribution in [0.3, 0.4) is 0 Å². The number of aromatic nitrogens is 2. The van der Waals surface area contributed by atoms with Crippen LogP contribution in [0.4, 0.5) is 0 Å². The standard InChI is InChI=1S/C10H14N2OS/c13-10(4-1-2-5-10)7-14-9-3-6-11-8-12-9/h3,6,8,13H,1-2,4-5,7H2. The molecule has 4 heteroatoms. The Kier molecular flexibility index (Phi) is 3.03. The van der Waals surface area contributed by atoms with E-state index < -0.39 is 5.60 Å². The lowest BCUT2D eigenvalue weighted by Gasteiger charge is -2.20. The Labute approximate surface area is 88.0 Å². The molecule has 1 aromatic heterocycles. The van der Waals surface area contributed by atoms with Gasteiger partial charge in [-0.3, -0.25) is 0 Å². The molecule has 2 rings (SSSR count). The lowest BCUT2D eigenvalue weighted by molar-refractivity contribution is 0.0732. The lowest BCUT2D eigenvalue weighted by atomic mass is 10.1. The van der Waals surface area contributed by atoms with Crippen LogP contribution in [-0.4, -0.2) is 26.4 Å². The van der Waals surface area contributed by atoms with Crippen LogP contribution < -0.4 is 0 Å².